The van der Waals surface area contributed by atoms with E-state index in [0.717, 1.165) is 11.1 Å². The van der Waals surface area contributed by atoms with Crippen molar-refractivity contribution >= 4 is 17.0 Å². The highest BCUT2D eigenvalue weighted by Crippen LogP contribution is 2.15. The predicted octanol–water partition coefficient (Wildman–Crippen LogP) is 2.41. The van der Waals surface area contributed by atoms with Crippen molar-refractivity contribution in [1.82, 2.24) is 14.5 Å². The number of hydrogen-bond donors (Lipinski definition) is 0. The molecule has 0 aliphatic heterocycles. The minimum atomic E-state index is -0.495. The molecule has 0 radical (unpaired) electrons. The molecule has 6 heteroatoms. The number of ether oxygens (including phenoxy) is 1. The molecule has 2 heterocycles. The summed E-state index contributed by atoms with van der Waals surface area (Å²) in [5.41, 5.74) is 2.63. The SMILES string of the molecule is COC(=O)c1cc2ncn(Cc3ccc(F)cc3)c2cn1. The number of halogens is 1. The van der Waals surface area contributed by atoms with Crippen molar-refractivity contribution in [2.45, 2.75) is 6.54 Å². The largest absolute Gasteiger partial charge is 0.464 e. The lowest BCUT2D eigenvalue weighted by Crippen LogP contribution is -2.04. The molecule has 1 aromatic carbocycles. The lowest BCUT2D eigenvalue weighted by atomic mass is 10.2. The number of rotatable bonds is 3. The van der Waals surface area contributed by atoms with Gasteiger partial charge in [0.15, 0.2) is 5.69 Å². The molecule has 3 rings (SSSR count). The van der Waals surface area contributed by atoms with Crippen LogP contribution in [0.15, 0.2) is 42.9 Å². The third-order valence-electron chi connectivity index (χ3n) is 3.17. The Morgan fingerprint density at radius 3 is 2.76 bits per heavy atom. The Morgan fingerprint density at radius 2 is 2.05 bits per heavy atom. The number of aromatic nitrogens is 3. The van der Waals surface area contributed by atoms with Crippen molar-refractivity contribution in [2.24, 2.45) is 0 Å². The van der Waals surface area contributed by atoms with Gasteiger partial charge in [0, 0.05) is 6.54 Å². The van der Waals surface area contributed by atoms with Crippen molar-refractivity contribution < 1.29 is 13.9 Å². The summed E-state index contributed by atoms with van der Waals surface area (Å²) in [5, 5.41) is 0. The van der Waals surface area contributed by atoms with E-state index in [4.69, 9.17) is 0 Å². The second-order valence-corrected chi connectivity index (χ2v) is 4.55. The number of pyridine rings is 1. The van der Waals surface area contributed by atoms with Gasteiger partial charge in [0.1, 0.15) is 5.82 Å². The first kappa shape index (κ1) is 13.2. The molecule has 0 aliphatic rings. The number of hydrogen-bond acceptors (Lipinski definition) is 4. The van der Waals surface area contributed by atoms with E-state index in [1.807, 2.05) is 4.57 Å². The standard InChI is InChI=1S/C15H12FN3O2/c1-21-15(20)13-6-12-14(7-17-13)19(9-18-12)8-10-2-4-11(16)5-3-10/h2-7,9H,8H2,1H3. The zero-order chi connectivity index (χ0) is 14.8. The van der Waals surface area contributed by atoms with Gasteiger partial charge in [-0.2, -0.15) is 0 Å². The van der Waals surface area contributed by atoms with Crippen LogP contribution in [0.5, 0.6) is 0 Å². The molecule has 0 unspecified atom stereocenters. The van der Waals surface area contributed by atoms with E-state index in [2.05, 4.69) is 14.7 Å². The fourth-order valence-electron chi connectivity index (χ4n) is 2.09. The minimum absolute atomic E-state index is 0.219. The molecule has 3 aromatic rings. The van der Waals surface area contributed by atoms with Crippen LogP contribution in [0.2, 0.25) is 0 Å². The van der Waals surface area contributed by atoms with Crippen LogP contribution >= 0.6 is 0 Å². The molecule has 0 aliphatic carbocycles. The van der Waals surface area contributed by atoms with Crippen molar-refractivity contribution in [3.05, 3.63) is 59.9 Å². The highest BCUT2D eigenvalue weighted by Gasteiger charge is 2.11. The fourth-order valence-corrected chi connectivity index (χ4v) is 2.09. The molecular weight excluding hydrogens is 273 g/mol. The summed E-state index contributed by atoms with van der Waals surface area (Å²) in [6.45, 7) is 0.552. The van der Waals surface area contributed by atoms with E-state index < -0.39 is 5.97 Å². The summed E-state index contributed by atoms with van der Waals surface area (Å²) < 4.78 is 19.4. The molecule has 0 fully saturated rings. The quantitative estimate of drug-likeness (QED) is 0.693. The number of imidazole rings is 1. The zero-order valence-corrected chi connectivity index (χ0v) is 11.3. The molecule has 0 atom stereocenters. The molecule has 21 heavy (non-hydrogen) atoms. The molecule has 0 spiro atoms. The second-order valence-electron chi connectivity index (χ2n) is 4.55. The summed E-state index contributed by atoms with van der Waals surface area (Å²) in [6, 6.07) is 7.86. The zero-order valence-electron chi connectivity index (χ0n) is 11.3. The van der Waals surface area contributed by atoms with E-state index in [1.165, 1.54) is 19.2 Å². The Balaban J connectivity index is 1.93. The molecule has 0 bridgehead atoms. The third kappa shape index (κ3) is 2.60. The summed E-state index contributed by atoms with van der Waals surface area (Å²) in [7, 11) is 1.31. The summed E-state index contributed by atoms with van der Waals surface area (Å²) >= 11 is 0. The predicted molar refractivity (Wildman–Crippen MR) is 74.4 cm³/mol. The Labute approximate surface area is 120 Å². The number of carbonyl (C=O) groups is 1. The summed E-state index contributed by atoms with van der Waals surface area (Å²) in [4.78, 5) is 19.8. The van der Waals surface area contributed by atoms with Crippen molar-refractivity contribution in [2.75, 3.05) is 7.11 Å². The third-order valence-corrected chi connectivity index (χ3v) is 3.17. The van der Waals surface area contributed by atoms with Crippen molar-refractivity contribution in [3.8, 4) is 0 Å². The Hall–Kier alpha value is -2.76. The van der Waals surface area contributed by atoms with Crippen LogP contribution in [-0.4, -0.2) is 27.6 Å². The molecule has 0 amide bonds. The van der Waals surface area contributed by atoms with E-state index >= 15 is 0 Å². The van der Waals surface area contributed by atoms with Gasteiger partial charge in [-0.25, -0.2) is 19.2 Å². The van der Waals surface area contributed by atoms with Crippen LogP contribution < -0.4 is 0 Å². The lowest BCUT2D eigenvalue weighted by Gasteiger charge is -2.04. The maximum Gasteiger partial charge on any atom is 0.356 e. The van der Waals surface area contributed by atoms with Crippen LogP contribution in [-0.2, 0) is 11.3 Å². The van der Waals surface area contributed by atoms with E-state index in [9.17, 15) is 9.18 Å². The molecule has 106 valence electrons. The summed E-state index contributed by atoms with van der Waals surface area (Å²) in [6.07, 6.45) is 3.24. The van der Waals surface area contributed by atoms with Gasteiger partial charge in [-0.15, -0.1) is 0 Å². The number of nitrogens with zero attached hydrogens (tertiary/aromatic N) is 3. The van der Waals surface area contributed by atoms with Crippen molar-refractivity contribution in [3.63, 3.8) is 0 Å². The summed E-state index contributed by atoms with van der Waals surface area (Å²) in [5.74, 6) is -0.761. The van der Waals surface area contributed by atoms with Gasteiger partial charge in [-0.1, -0.05) is 12.1 Å². The smallest absolute Gasteiger partial charge is 0.356 e. The van der Waals surface area contributed by atoms with E-state index in [1.54, 1.807) is 30.7 Å². The van der Waals surface area contributed by atoms with Gasteiger partial charge in [-0.05, 0) is 23.8 Å². The average molecular weight is 285 g/mol. The van der Waals surface area contributed by atoms with Gasteiger partial charge < -0.3 is 9.30 Å². The maximum absolute atomic E-state index is 12.9. The fraction of sp³-hybridized carbons (Fsp3) is 0.133. The van der Waals surface area contributed by atoms with Gasteiger partial charge in [0.25, 0.3) is 0 Å². The molecule has 2 aromatic heterocycles. The Kier molecular flexibility index (Phi) is 3.35. The molecular formula is C15H12FN3O2. The highest BCUT2D eigenvalue weighted by atomic mass is 19.1. The highest BCUT2D eigenvalue weighted by molar-refractivity contribution is 5.91. The monoisotopic (exact) mass is 285 g/mol. The molecule has 0 saturated carbocycles. The number of esters is 1. The first-order valence-electron chi connectivity index (χ1n) is 6.31. The van der Waals surface area contributed by atoms with Crippen molar-refractivity contribution in [1.29, 1.82) is 0 Å². The maximum atomic E-state index is 12.9. The number of fused-ring (bicyclic) bond motifs is 1. The normalized spacial score (nSPS) is 10.8. The van der Waals surface area contributed by atoms with Crippen LogP contribution in [0.1, 0.15) is 16.1 Å². The van der Waals surface area contributed by atoms with Crippen LogP contribution in [0.3, 0.4) is 0 Å². The average Bonchev–Trinajstić information content (AvgIpc) is 2.91. The number of carbonyl (C=O) groups excluding carboxylic acids is 1. The van der Waals surface area contributed by atoms with Gasteiger partial charge >= 0.3 is 5.97 Å². The van der Waals surface area contributed by atoms with Crippen LogP contribution in [0.25, 0.3) is 11.0 Å². The Bertz CT molecular complexity index is 796. The molecule has 5 nitrogen and oxygen atoms in total. The number of methoxy groups -OCH3 is 1. The van der Waals surface area contributed by atoms with Gasteiger partial charge in [0.2, 0.25) is 0 Å². The number of benzene rings is 1. The molecule has 0 N–H and O–H groups in total. The van der Waals surface area contributed by atoms with Gasteiger partial charge in [0.05, 0.1) is 30.7 Å². The van der Waals surface area contributed by atoms with Crippen LogP contribution in [0.4, 0.5) is 4.39 Å². The van der Waals surface area contributed by atoms with Gasteiger partial charge in [-0.3, -0.25) is 0 Å². The first-order chi connectivity index (χ1) is 10.2. The molecule has 0 saturated heterocycles. The topological polar surface area (TPSA) is 57.0 Å². The van der Waals surface area contributed by atoms with E-state index in [0.29, 0.717) is 12.1 Å². The lowest BCUT2D eigenvalue weighted by molar-refractivity contribution is 0.0594. The van der Waals surface area contributed by atoms with Crippen LogP contribution in [0, 0.1) is 5.82 Å². The minimum Gasteiger partial charge on any atom is -0.464 e. The first-order valence-corrected chi connectivity index (χ1v) is 6.31. The van der Waals surface area contributed by atoms with E-state index in [-0.39, 0.29) is 11.5 Å². The second kappa shape index (κ2) is 5.32. The Morgan fingerprint density at radius 1 is 1.29 bits per heavy atom.